The zero-order chi connectivity index (χ0) is 15.3. The Morgan fingerprint density at radius 3 is 2.38 bits per heavy atom. The van der Waals surface area contributed by atoms with E-state index < -0.39 is 0 Å². The van der Waals surface area contributed by atoms with Crippen LogP contribution in [-0.4, -0.2) is 17.8 Å². The van der Waals surface area contributed by atoms with Gasteiger partial charge in [0.05, 0.1) is 0 Å². The summed E-state index contributed by atoms with van der Waals surface area (Å²) in [7, 11) is 0. The van der Waals surface area contributed by atoms with Gasteiger partial charge in [-0.2, -0.15) is 0 Å². The average molecular weight is 348 g/mol. The van der Waals surface area contributed by atoms with Crippen LogP contribution in [0.4, 0.5) is 0 Å². The summed E-state index contributed by atoms with van der Waals surface area (Å²) in [4.78, 5) is 12.4. The van der Waals surface area contributed by atoms with Gasteiger partial charge in [0, 0.05) is 17.4 Å². The van der Waals surface area contributed by atoms with Crippen molar-refractivity contribution in [2.75, 3.05) is 11.9 Å². The monoisotopic (exact) mass is 347 g/mol. The van der Waals surface area contributed by atoms with Crippen molar-refractivity contribution >= 4 is 32.6 Å². The van der Waals surface area contributed by atoms with Crippen LogP contribution in [0.15, 0.2) is 42.5 Å². The number of carbonyl (C=O) groups is 1. The number of alkyl halides is 1. The zero-order valence-electron chi connectivity index (χ0n) is 12.7. The van der Waals surface area contributed by atoms with Crippen LogP contribution in [0, 0.1) is 5.41 Å². The summed E-state index contributed by atoms with van der Waals surface area (Å²) in [5, 5.41) is 6.25. The number of fused-ring (bicyclic) bond motifs is 1. The van der Waals surface area contributed by atoms with Crippen molar-refractivity contribution in [1.29, 1.82) is 0 Å². The fourth-order valence-electron chi connectivity index (χ4n) is 2.44. The van der Waals surface area contributed by atoms with Gasteiger partial charge in [-0.3, -0.25) is 4.79 Å². The topological polar surface area (TPSA) is 29.1 Å². The van der Waals surface area contributed by atoms with E-state index >= 15 is 0 Å². The van der Waals surface area contributed by atoms with Crippen LogP contribution in [0.25, 0.3) is 10.8 Å². The van der Waals surface area contributed by atoms with Gasteiger partial charge in [0.25, 0.3) is 5.91 Å². The molecular formula is C18H22BrNO. The Morgan fingerprint density at radius 2 is 1.76 bits per heavy atom. The third-order valence-corrected chi connectivity index (χ3v) is 5.61. The molecule has 0 radical (unpaired) electrons. The SMILES string of the molecule is CCC(CC)(CBr)CNC(=O)c1ccc2ccccc2c1. The molecule has 0 aliphatic heterocycles. The molecule has 0 fully saturated rings. The lowest BCUT2D eigenvalue weighted by atomic mass is 9.84. The Morgan fingerprint density at radius 1 is 1.10 bits per heavy atom. The summed E-state index contributed by atoms with van der Waals surface area (Å²) in [6.07, 6.45) is 2.10. The highest BCUT2D eigenvalue weighted by atomic mass is 79.9. The Kier molecular flexibility index (Phi) is 5.40. The molecule has 2 aromatic carbocycles. The molecule has 2 nitrogen and oxygen atoms in total. The van der Waals surface area contributed by atoms with Crippen LogP contribution in [0.1, 0.15) is 37.0 Å². The second-order valence-electron chi connectivity index (χ2n) is 5.59. The number of halogens is 1. The Labute approximate surface area is 135 Å². The Balaban J connectivity index is 2.11. The maximum Gasteiger partial charge on any atom is 0.251 e. The standard InChI is InChI=1S/C18H22BrNO/c1-3-18(4-2,12-19)13-20-17(21)16-10-9-14-7-5-6-8-15(14)11-16/h5-11H,3-4,12-13H2,1-2H3,(H,20,21). The fraction of sp³-hybridized carbons (Fsp3) is 0.389. The molecule has 0 spiro atoms. The van der Waals surface area contributed by atoms with E-state index in [1.807, 2.05) is 36.4 Å². The molecule has 0 heterocycles. The first-order valence-electron chi connectivity index (χ1n) is 7.47. The van der Waals surface area contributed by atoms with E-state index in [1.165, 1.54) is 0 Å². The van der Waals surface area contributed by atoms with Crippen molar-refractivity contribution in [2.24, 2.45) is 5.41 Å². The van der Waals surface area contributed by atoms with Crippen LogP contribution >= 0.6 is 15.9 Å². The molecule has 0 aromatic heterocycles. The van der Waals surface area contributed by atoms with Gasteiger partial charge < -0.3 is 5.32 Å². The summed E-state index contributed by atoms with van der Waals surface area (Å²) >= 11 is 3.58. The van der Waals surface area contributed by atoms with Gasteiger partial charge >= 0.3 is 0 Å². The summed E-state index contributed by atoms with van der Waals surface area (Å²) < 4.78 is 0. The van der Waals surface area contributed by atoms with E-state index in [9.17, 15) is 4.79 Å². The molecule has 112 valence electrons. The van der Waals surface area contributed by atoms with E-state index in [4.69, 9.17) is 0 Å². The molecule has 0 saturated carbocycles. The minimum absolute atomic E-state index is 0.00739. The smallest absolute Gasteiger partial charge is 0.251 e. The van der Waals surface area contributed by atoms with Crippen molar-refractivity contribution in [3.05, 3.63) is 48.0 Å². The summed E-state index contributed by atoms with van der Waals surface area (Å²) in [5.74, 6) is 0.00739. The molecule has 2 rings (SSSR count). The molecule has 1 amide bonds. The van der Waals surface area contributed by atoms with Gasteiger partial charge in [0.1, 0.15) is 0 Å². The molecule has 21 heavy (non-hydrogen) atoms. The van der Waals surface area contributed by atoms with Crippen molar-refractivity contribution < 1.29 is 4.79 Å². The van der Waals surface area contributed by atoms with Crippen LogP contribution in [0.2, 0.25) is 0 Å². The van der Waals surface area contributed by atoms with E-state index in [-0.39, 0.29) is 11.3 Å². The molecule has 2 aromatic rings. The maximum atomic E-state index is 12.4. The van der Waals surface area contributed by atoms with Crippen LogP contribution < -0.4 is 5.32 Å². The number of amides is 1. The highest BCUT2D eigenvalue weighted by molar-refractivity contribution is 9.09. The third-order valence-electron chi connectivity index (χ3n) is 4.42. The number of rotatable bonds is 6. The summed E-state index contributed by atoms with van der Waals surface area (Å²) in [6.45, 7) is 5.05. The minimum atomic E-state index is 0.00739. The molecule has 0 bridgehead atoms. The van der Waals surface area contributed by atoms with E-state index in [0.717, 1.165) is 34.5 Å². The van der Waals surface area contributed by atoms with E-state index in [2.05, 4.69) is 41.2 Å². The molecule has 0 aliphatic carbocycles. The predicted molar refractivity (Wildman–Crippen MR) is 93.1 cm³/mol. The summed E-state index contributed by atoms with van der Waals surface area (Å²) in [5.41, 5.74) is 0.872. The molecule has 1 N–H and O–H groups in total. The van der Waals surface area contributed by atoms with Crippen LogP contribution in [-0.2, 0) is 0 Å². The van der Waals surface area contributed by atoms with Crippen molar-refractivity contribution in [1.82, 2.24) is 5.32 Å². The fourth-order valence-corrected chi connectivity index (χ4v) is 3.43. The van der Waals surface area contributed by atoms with Gasteiger partial charge in [0.2, 0.25) is 0 Å². The lowest BCUT2D eigenvalue weighted by Gasteiger charge is -2.29. The number of hydrogen-bond acceptors (Lipinski definition) is 1. The first-order chi connectivity index (χ1) is 10.1. The quantitative estimate of drug-likeness (QED) is 0.749. The molecule has 0 saturated heterocycles. The average Bonchev–Trinajstić information content (AvgIpc) is 2.56. The van der Waals surface area contributed by atoms with Gasteiger partial charge in [-0.05, 0) is 41.2 Å². The number of carbonyl (C=O) groups excluding carboxylic acids is 1. The van der Waals surface area contributed by atoms with Crippen LogP contribution in [0.5, 0.6) is 0 Å². The Hall–Kier alpha value is -1.35. The van der Waals surface area contributed by atoms with Crippen molar-refractivity contribution in [3.8, 4) is 0 Å². The number of nitrogens with one attached hydrogen (secondary N) is 1. The third kappa shape index (κ3) is 3.65. The highest BCUT2D eigenvalue weighted by Crippen LogP contribution is 2.27. The molecule has 3 heteroatoms. The van der Waals surface area contributed by atoms with Gasteiger partial charge in [-0.1, -0.05) is 60.1 Å². The maximum absolute atomic E-state index is 12.4. The van der Waals surface area contributed by atoms with Crippen molar-refractivity contribution in [2.45, 2.75) is 26.7 Å². The van der Waals surface area contributed by atoms with Crippen LogP contribution in [0.3, 0.4) is 0 Å². The predicted octanol–water partition coefficient (Wildman–Crippen LogP) is 4.77. The molecule has 0 aliphatic rings. The van der Waals surface area contributed by atoms with E-state index in [0.29, 0.717) is 6.54 Å². The molecular weight excluding hydrogens is 326 g/mol. The second kappa shape index (κ2) is 7.08. The number of hydrogen-bond donors (Lipinski definition) is 1. The van der Waals surface area contributed by atoms with Gasteiger partial charge in [0.15, 0.2) is 0 Å². The van der Waals surface area contributed by atoms with Gasteiger partial charge in [-0.15, -0.1) is 0 Å². The zero-order valence-corrected chi connectivity index (χ0v) is 14.2. The largest absolute Gasteiger partial charge is 0.351 e. The lowest BCUT2D eigenvalue weighted by molar-refractivity contribution is 0.0932. The molecule has 0 unspecified atom stereocenters. The minimum Gasteiger partial charge on any atom is -0.351 e. The van der Waals surface area contributed by atoms with Crippen molar-refractivity contribution in [3.63, 3.8) is 0 Å². The second-order valence-corrected chi connectivity index (χ2v) is 6.15. The number of benzene rings is 2. The summed E-state index contributed by atoms with van der Waals surface area (Å²) in [6, 6.07) is 13.9. The first kappa shape index (κ1) is 16.0. The first-order valence-corrected chi connectivity index (χ1v) is 8.59. The Bertz CT molecular complexity index is 611. The highest BCUT2D eigenvalue weighted by Gasteiger charge is 2.25. The lowest BCUT2D eigenvalue weighted by Crippen LogP contribution is -2.38. The molecule has 0 atom stereocenters. The van der Waals surface area contributed by atoms with E-state index in [1.54, 1.807) is 0 Å². The van der Waals surface area contributed by atoms with Gasteiger partial charge in [-0.25, -0.2) is 0 Å². The normalized spacial score (nSPS) is 11.6.